The number of likely N-dealkylation sites (tertiary alicyclic amines) is 1. The van der Waals surface area contributed by atoms with Gasteiger partial charge < -0.3 is 10.2 Å². The maximum Gasteiger partial charge on any atom is 0.0340 e. The minimum Gasteiger partial charge on any atom is -0.385 e. The average molecular weight is 273 g/mol. The lowest BCUT2D eigenvalue weighted by atomic mass is 10.1. The molecule has 0 amide bonds. The molecule has 0 aromatic heterocycles. The van der Waals surface area contributed by atoms with E-state index in [2.05, 4.69) is 52.5 Å². The first-order valence-corrected chi connectivity index (χ1v) is 8.06. The van der Waals surface area contributed by atoms with E-state index in [-0.39, 0.29) is 0 Å². The van der Waals surface area contributed by atoms with Crippen molar-refractivity contribution in [3.63, 3.8) is 0 Å². The van der Waals surface area contributed by atoms with Crippen LogP contribution in [0.2, 0.25) is 0 Å². The summed E-state index contributed by atoms with van der Waals surface area (Å²) in [6, 6.07) is 12.2. The Kier molecular flexibility index (Phi) is 4.58. The van der Waals surface area contributed by atoms with E-state index < -0.39 is 0 Å². The van der Waals surface area contributed by atoms with Crippen molar-refractivity contribution in [1.29, 1.82) is 0 Å². The van der Waals surface area contributed by atoms with Gasteiger partial charge in [-0.3, -0.25) is 4.90 Å². The van der Waals surface area contributed by atoms with E-state index in [0.717, 1.165) is 18.6 Å². The molecule has 1 aromatic rings. The number of anilines is 1. The zero-order valence-corrected chi connectivity index (χ0v) is 12.6. The van der Waals surface area contributed by atoms with Crippen molar-refractivity contribution in [2.75, 3.05) is 38.5 Å². The monoisotopic (exact) mass is 273 g/mol. The Labute approximate surface area is 123 Å². The highest BCUT2D eigenvalue weighted by Crippen LogP contribution is 2.28. The molecule has 2 aliphatic rings. The van der Waals surface area contributed by atoms with Crippen LogP contribution in [0.3, 0.4) is 0 Å². The number of likely N-dealkylation sites (N-methyl/N-ethyl adjacent to an activating group) is 1. The number of nitrogens with one attached hydrogen (secondary N) is 1. The first kappa shape index (κ1) is 13.9. The lowest BCUT2D eigenvalue weighted by Gasteiger charge is -2.25. The summed E-state index contributed by atoms with van der Waals surface area (Å²) < 4.78 is 0. The molecule has 2 fully saturated rings. The van der Waals surface area contributed by atoms with Crippen molar-refractivity contribution in [3.8, 4) is 0 Å². The minimum absolute atomic E-state index is 0.810. The van der Waals surface area contributed by atoms with Crippen molar-refractivity contribution in [1.82, 2.24) is 9.80 Å². The average Bonchev–Trinajstić information content (AvgIpc) is 2.72. The van der Waals surface area contributed by atoms with Crippen molar-refractivity contribution in [2.24, 2.45) is 0 Å². The summed E-state index contributed by atoms with van der Waals surface area (Å²) in [6.45, 7) is 4.87. The van der Waals surface area contributed by atoms with Crippen LogP contribution in [-0.2, 0) is 0 Å². The third-order valence-corrected chi connectivity index (χ3v) is 4.99. The second-order valence-corrected chi connectivity index (χ2v) is 6.29. The number of hydrogen-bond acceptors (Lipinski definition) is 3. The van der Waals surface area contributed by atoms with E-state index in [1.807, 2.05) is 0 Å². The lowest BCUT2D eigenvalue weighted by Crippen LogP contribution is -2.37. The summed E-state index contributed by atoms with van der Waals surface area (Å²) in [5.74, 6) is 0. The summed E-state index contributed by atoms with van der Waals surface area (Å²) in [6.07, 6.45) is 5.42. The van der Waals surface area contributed by atoms with Crippen LogP contribution in [0.4, 0.5) is 5.69 Å². The molecule has 0 spiro atoms. The van der Waals surface area contributed by atoms with E-state index >= 15 is 0 Å². The number of benzene rings is 1. The molecule has 1 N–H and O–H groups in total. The Morgan fingerprint density at radius 1 is 1.10 bits per heavy atom. The van der Waals surface area contributed by atoms with E-state index in [0.29, 0.717) is 0 Å². The molecule has 0 aliphatic carbocycles. The largest absolute Gasteiger partial charge is 0.385 e. The molecule has 3 heteroatoms. The quantitative estimate of drug-likeness (QED) is 0.832. The Hall–Kier alpha value is -1.06. The van der Waals surface area contributed by atoms with Gasteiger partial charge >= 0.3 is 0 Å². The molecule has 3 nitrogen and oxygen atoms in total. The molecule has 110 valence electrons. The number of nitrogens with zero attached hydrogens (tertiary/aromatic N) is 2. The van der Waals surface area contributed by atoms with Crippen LogP contribution in [0.1, 0.15) is 25.7 Å². The van der Waals surface area contributed by atoms with Gasteiger partial charge in [0.05, 0.1) is 0 Å². The van der Waals surface area contributed by atoms with Crippen LogP contribution in [0, 0.1) is 0 Å². The predicted molar refractivity (Wildman–Crippen MR) is 85.2 cm³/mol. The highest BCUT2D eigenvalue weighted by atomic mass is 15.3. The maximum absolute atomic E-state index is 3.51. The van der Waals surface area contributed by atoms with Crippen molar-refractivity contribution >= 4 is 5.69 Å². The fourth-order valence-electron chi connectivity index (χ4n) is 3.67. The van der Waals surface area contributed by atoms with Gasteiger partial charge in [-0.1, -0.05) is 18.2 Å². The summed E-state index contributed by atoms with van der Waals surface area (Å²) in [4.78, 5) is 5.30. The number of fused-ring (bicyclic) bond motifs is 2. The smallest absolute Gasteiger partial charge is 0.0340 e. The van der Waals surface area contributed by atoms with Crippen LogP contribution < -0.4 is 5.32 Å². The molecule has 20 heavy (non-hydrogen) atoms. The first-order chi connectivity index (χ1) is 9.83. The number of para-hydroxylation sites is 1. The van der Waals surface area contributed by atoms with Crippen molar-refractivity contribution in [3.05, 3.63) is 30.3 Å². The fourth-order valence-corrected chi connectivity index (χ4v) is 3.67. The highest BCUT2D eigenvalue weighted by molar-refractivity contribution is 5.42. The van der Waals surface area contributed by atoms with E-state index in [4.69, 9.17) is 0 Å². The molecule has 3 rings (SSSR count). The summed E-state index contributed by atoms with van der Waals surface area (Å²) >= 11 is 0. The molecule has 2 bridgehead atoms. The Morgan fingerprint density at radius 2 is 1.90 bits per heavy atom. The van der Waals surface area contributed by atoms with E-state index in [9.17, 15) is 0 Å². The summed E-state index contributed by atoms with van der Waals surface area (Å²) in [7, 11) is 2.32. The Balaban J connectivity index is 1.39. The lowest BCUT2D eigenvalue weighted by molar-refractivity contribution is 0.219. The Bertz CT molecular complexity index is 406. The van der Waals surface area contributed by atoms with Crippen LogP contribution in [0.15, 0.2) is 30.3 Å². The second kappa shape index (κ2) is 6.59. The molecular weight excluding hydrogens is 246 g/mol. The molecule has 2 atom stereocenters. The molecule has 0 radical (unpaired) electrons. The molecule has 0 saturated carbocycles. The molecule has 2 saturated heterocycles. The number of hydrogen-bond donors (Lipinski definition) is 1. The summed E-state index contributed by atoms with van der Waals surface area (Å²) in [5.41, 5.74) is 1.24. The molecule has 2 aliphatic heterocycles. The molecule has 2 heterocycles. The van der Waals surface area contributed by atoms with Gasteiger partial charge in [-0.25, -0.2) is 0 Å². The SMILES string of the molecule is CN1C2CCC1CN(CCCNc1ccccc1)CC2. The molecule has 1 aromatic carbocycles. The molecular formula is C17H27N3. The van der Waals surface area contributed by atoms with Gasteiger partial charge in [0, 0.05) is 30.9 Å². The van der Waals surface area contributed by atoms with Crippen molar-refractivity contribution < 1.29 is 0 Å². The highest BCUT2D eigenvalue weighted by Gasteiger charge is 2.34. The fraction of sp³-hybridized carbons (Fsp3) is 0.647. The van der Waals surface area contributed by atoms with Crippen LogP contribution in [-0.4, -0.2) is 55.1 Å². The second-order valence-electron chi connectivity index (χ2n) is 6.29. The Morgan fingerprint density at radius 3 is 2.75 bits per heavy atom. The van der Waals surface area contributed by atoms with Crippen LogP contribution in [0.25, 0.3) is 0 Å². The van der Waals surface area contributed by atoms with Crippen molar-refractivity contribution in [2.45, 2.75) is 37.8 Å². The van der Waals surface area contributed by atoms with Gasteiger partial charge in [0.2, 0.25) is 0 Å². The van der Waals surface area contributed by atoms with E-state index in [1.165, 1.54) is 51.0 Å². The van der Waals surface area contributed by atoms with Gasteiger partial charge in [-0.2, -0.15) is 0 Å². The summed E-state index contributed by atoms with van der Waals surface area (Å²) in [5, 5.41) is 3.51. The van der Waals surface area contributed by atoms with E-state index in [1.54, 1.807) is 0 Å². The number of rotatable bonds is 5. The zero-order valence-electron chi connectivity index (χ0n) is 12.6. The standard InChI is InChI=1S/C17H27N3/c1-19-16-8-9-17(19)14-20(13-10-16)12-5-11-18-15-6-3-2-4-7-15/h2-4,6-7,16-18H,5,8-14H2,1H3. The first-order valence-electron chi connectivity index (χ1n) is 8.06. The van der Waals surface area contributed by atoms with Gasteiger partial charge in [-0.05, 0) is 58.0 Å². The third-order valence-electron chi connectivity index (χ3n) is 4.99. The zero-order chi connectivity index (χ0) is 13.8. The van der Waals surface area contributed by atoms with Gasteiger partial charge in [0.15, 0.2) is 0 Å². The topological polar surface area (TPSA) is 18.5 Å². The third kappa shape index (κ3) is 3.33. The predicted octanol–water partition coefficient (Wildman–Crippen LogP) is 2.66. The van der Waals surface area contributed by atoms with Gasteiger partial charge in [0.25, 0.3) is 0 Å². The maximum atomic E-state index is 3.51. The van der Waals surface area contributed by atoms with Gasteiger partial charge in [-0.15, -0.1) is 0 Å². The molecule has 2 unspecified atom stereocenters. The minimum atomic E-state index is 0.810. The normalized spacial score (nSPS) is 27.4. The van der Waals surface area contributed by atoms with Crippen LogP contribution in [0.5, 0.6) is 0 Å². The van der Waals surface area contributed by atoms with Crippen LogP contribution >= 0.6 is 0 Å². The van der Waals surface area contributed by atoms with Gasteiger partial charge in [0.1, 0.15) is 0 Å².